The number of aryl methyl sites for hydroxylation is 1. The van der Waals surface area contributed by atoms with Crippen molar-refractivity contribution in [1.29, 1.82) is 0 Å². The van der Waals surface area contributed by atoms with E-state index < -0.39 is 16.8 Å². The number of fused-ring (bicyclic) bond motifs is 1. The Morgan fingerprint density at radius 3 is 2.88 bits per heavy atom. The van der Waals surface area contributed by atoms with Crippen LogP contribution in [0.3, 0.4) is 0 Å². The predicted octanol–water partition coefficient (Wildman–Crippen LogP) is 2.62. The van der Waals surface area contributed by atoms with Crippen molar-refractivity contribution < 1.29 is 27.6 Å². The van der Waals surface area contributed by atoms with Crippen molar-refractivity contribution in [2.45, 2.75) is 31.7 Å². The zero-order valence-electron chi connectivity index (χ0n) is 13.5. The minimum atomic E-state index is -4.44. The number of imidazole rings is 1. The lowest BCUT2D eigenvalue weighted by molar-refractivity contribution is -0.389. The Balaban J connectivity index is 1.43. The molecule has 11 heteroatoms. The molecule has 26 heavy (non-hydrogen) atoms. The predicted molar refractivity (Wildman–Crippen MR) is 81.7 cm³/mol. The molecule has 0 unspecified atom stereocenters. The van der Waals surface area contributed by atoms with E-state index in [0.717, 1.165) is 6.07 Å². The number of ether oxygens (including phenoxy) is 2. The van der Waals surface area contributed by atoms with E-state index >= 15 is 0 Å². The maximum atomic E-state index is 12.4. The molecule has 1 aliphatic rings. The maximum absolute atomic E-state index is 12.4. The van der Waals surface area contributed by atoms with Gasteiger partial charge in [0.05, 0.1) is 6.54 Å². The molecule has 1 aliphatic heterocycles. The van der Waals surface area contributed by atoms with Crippen molar-refractivity contribution in [1.82, 2.24) is 14.5 Å². The second kappa shape index (κ2) is 7.28. The van der Waals surface area contributed by atoms with E-state index in [0.29, 0.717) is 31.6 Å². The molecule has 3 heterocycles. The minimum Gasteiger partial charge on any atom is -0.443 e. The first-order valence-corrected chi connectivity index (χ1v) is 7.81. The fourth-order valence-electron chi connectivity index (χ4n) is 2.53. The molecule has 0 spiro atoms. The first-order valence-electron chi connectivity index (χ1n) is 7.81. The van der Waals surface area contributed by atoms with Crippen LogP contribution in [0.5, 0.6) is 6.01 Å². The fraction of sp³-hybridized carbons (Fsp3) is 0.467. The highest BCUT2D eigenvalue weighted by molar-refractivity contribution is 5.21. The first kappa shape index (κ1) is 18.1. The van der Waals surface area contributed by atoms with Crippen LogP contribution in [0.4, 0.5) is 19.0 Å². The van der Waals surface area contributed by atoms with Crippen molar-refractivity contribution in [3.05, 3.63) is 45.9 Å². The molecule has 0 aromatic carbocycles. The van der Waals surface area contributed by atoms with Crippen LogP contribution in [0.15, 0.2) is 24.5 Å². The Morgan fingerprint density at radius 1 is 1.42 bits per heavy atom. The molecule has 0 radical (unpaired) electrons. The van der Waals surface area contributed by atoms with Crippen LogP contribution in [0.1, 0.15) is 17.7 Å². The summed E-state index contributed by atoms with van der Waals surface area (Å²) in [5.41, 5.74) is -0.226. The van der Waals surface area contributed by atoms with Crippen LogP contribution in [0.2, 0.25) is 0 Å². The van der Waals surface area contributed by atoms with Crippen molar-refractivity contribution in [2.24, 2.45) is 0 Å². The summed E-state index contributed by atoms with van der Waals surface area (Å²) in [6.45, 7) is 0.995. The van der Waals surface area contributed by atoms with E-state index in [4.69, 9.17) is 9.47 Å². The van der Waals surface area contributed by atoms with Gasteiger partial charge in [-0.2, -0.15) is 13.2 Å². The smallest absolute Gasteiger partial charge is 0.433 e. The van der Waals surface area contributed by atoms with Gasteiger partial charge in [-0.05, 0) is 29.4 Å². The lowest BCUT2D eigenvalue weighted by Gasteiger charge is -2.22. The Hall–Kier alpha value is -2.69. The highest BCUT2D eigenvalue weighted by atomic mass is 19.4. The summed E-state index contributed by atoms with van der Waals surface area (Å²) in [4.78, 5) is 17.3. The summed E-state index contributed by atoms with van der Waals surface area (Å²) in [6.07, 6.45) is -1.09. The largest absolute Gasteiger partial charge is 0.443 e. The Morgan fingerprint density at radius 2 is 2.23 bits per heavy atom. The Labute approximate surface area is 145 Å². The number of rotatable bonds is 6. The third kappa shape index (κ3) is 4.28. The third-order valence-corrected chi connectivity index (χ3v) is 3.79. The minimum absolute atomic E-state index is 0.187. The molecule has 2 aromatic heterocycles. The number of hydrogen-bond acceptors (Lipinski definition) is 6. The van der Waals surface area contributed by atoms with Gasteiger partial charge < -0.3 is 19.6 Å². The van der Waals surface area contributed by atoms with Crippen LogP contribution >= 0.6 is 0 Å². The van der Waals surface area contributed by atoms with Crippen molar-refractivity contribution in [2.75, 3.05) is 13.2 Å². The van der Waals surface area contributed by atoms with Crippen molar-refractivity contribution >= 4 is 5.82 Å². The standard InChI is InChI=1S/C15H15F3N4O4/c16-15(17,18)12-4-3-10(6-19-12)2-1-5-25-11-7-21-8-13(22(23)24)20-14(21)26-9-11/h3-4,6,8,11H,1-2,5,7,9H2/t11-/m0/s1. The molecule has 0 saturated carbocycles. The van der Waals surface area contributed by atoms with Gasteiger partial charge in [0, 0.05) is 17.8 Å². The summed E-state index contributed by atoms with van der Waals surface area (Å²) in [7, 11) is 0. The summed E-state index contributed by atoms with van der Waals surface area (Å²) in [5.74, 6) is -0.282. The summed E-state index contributed by atoms with van der Waals surface area (Å²) < 4.78 is 49.9. The highest BCUT2D eigenvalue weighted by Gasteiger charge is 2.32. The molecule has 1 atom stereocenters. The van der Waals surface area contributed by atoms with Gasteiger partial charge in [0.25, 0.3) is 0 Å². The van der Waals surface area contributed by atoms with E-state index in [1.807, 2.05) is 0 Å². The van der Waals surface area contributed by atoms with Gasteiger partial charge in [-0.15, -0.1) is 0 Å². The zero-order chi connectivity index (χ0) is 18.7. The van der Waals surface area contributed by atoms with Gasteiger partial charge in [0.2, 0.25) is 0 Å². The molecular formula is C15H15F3N4O4. The van der Waals surface area contributed by atoms with Gasteiger partial charge in [-0.25, -0.2) is 0 Å². The van der Waals surface area contributed by atoms with Gasteiger partial charge in [0.1, 0.15) is 24.6 Å². The fourth-order valence-corrected chi connectivity index (χ4v) is 2.53. The molecule has 0 N–H and O–H groups in total. The van der Waals surface area contributed by atoms with E-state index in [1.54, 1.807) is 0 Å². The number of halogens is 3. The second-order valence-corrected chi connectivity index (χ2v) is 5.75. The van der Waals surface area contributed by atoms with Gasteiger partial charge in [-0.3, -0.25) is 9.55 Å². The second-order valence-electron chi connectivity index (χ2n) is 5.75. The molecule has 0 fully saturated rings. The molecule has 140 valence electrons. The van der Waals surface area contributed by atoms with E-state index in [2.05, 4.69) is 9.97 Å². The number of alkyl halides is 3. The lowest BCUT2D eigenvalue weighted by Crippen LogP contribution is -2.32. The number of pyridine rings is 1. The number of nitro groups is 1. The van der Waals surface area contributed by atoms with E-state index in [1.165, 1.54) is 23.0 Å². The first-order chi connectivity index (χ1) is 12.3. The van der Waals surface area contributed by atoms with Gasteiger partial charge in [-0.1, -0.05) is 6.07 Å². The van der Waals surface area contributed by atoms with Crippen molar-refractivity contribution in [3.63, 3.8) is 0 Å². The lowest BCUT2D eigenvalue weighted by atomic mass is 10.1. The molecule has 2 aromatic rings. The SMILES string of the molecule is O=[N+]([O-])c1cn2c(n1)OC[C@@H](OCCCc1ccc(C(F)(F)F)nc1)C2. The molecule has 0 bridgehead atoms. The zero-order valence-corrected chi connectivity index (χ0v) is 13.5. The molecule has 0 aliphatic carbocycles. The van der Waals surface area contributed by atoms with Gasteiger partial charge in [0.15, 0.2) is 0 Å². The molecule has 0 saturated heterocycles. The van der Waals surface area contributed by atoms with Crippen LogP contribution in [-0.2, 0) is 23.9 Å². The molecular weight excluding hydrogens is 357 g/mol. The monoisotopic (exact) mass is 372 g/mol. The van der Waals surface area contributed by atoms with E-state index in [9.17, 15) is 23.3 Å². The highest BCUT2D eigenvalue weighted by Crippen LogP contribution is 2.27. The summed E-state index contributed by atoms with van der Waals surface area (Å²) in [6, 6.07) is 2.54. The third-order valence-electron chi connectivity index (χ3n) is 3.79. The average Bonchev–Trinajstić information content (AvgIpc) is 3.02. The molecule has 8 nitrogen and oxygen atoms in total. The van der Waals surface area contributed by atoms with Crippen molar-refractivity contribution in [3.8, 4) is 6.01 Å². The maximum Gasteiger partial charge on any atom is 0.433 e. The average molecular weight is 372 g/mol. The Bertz CT molecular complexity index is 776. The number of nitrogens with zero attached hydrogens (tertiary/aromatic N) is 4. The summed E-state index contributed by atoms with van der Waals surface area (Å²) in [5, 5.41) is 10.7. The molecule has 0 amide bonds. The topological polar surface area (TPSA) is 92.3 Å². The van der Waals surface area contributed by atoms with E-state index in [-0.39, 0.29) is 24.5 Å². The van der Waals surface area contributed by atoms with Crippen LogP contribution in [-0.4, -0.2) is 38.8 Å². The van der Waals surface area contributed by atoms with Crippen LogP contribution in [0, 0.1) is 10.1 Å². The van der Waals surface area contributed by atoms with Crippen LogP contribution < -0.4 is 4.74 Å². The summed E-state index contributed by atoms with van der Waals surface area (Å²) >= 11 is 0. The normalized spacial score (nSPS) is 16.8. The molecule has 3 rings (SSSR count). The quantitative estimate of drug-likeness (QED) is 0.440. The van der Waals surface area contributed by atoms with Gasteiger partial charge >= 0.3 is 18.0 Å². The van der Waals surface area contributed by atoms with Crippen LogP contribution in [0.25, 0.3) is 0 Å². The number of aromatic nitrogens is 3. The number of hydrogen-bond donors (Lipinski definition) is 0. The Kier molecular flexibility index (Phi) is 5.07.